The van der Waals surface area contributed by atoms with E-state index in [-0.39, 0.29) is 5.91 Å². The Bertz CT molecular complexity index is 757. The molecule has 0 aliphatic heterocycles. The normalized spacial score (nSPS) is 12.9. The van der Waals surface area contributed by atoms with Crippen LogP contribution in [-0.4, -0.2) is 30.2 Å². The molecule has 2 N–H and O–H groups in total. The predicted octanol–water partition coefficient (Wildman–Crippen LogP) is 3.43. The highest BCUT2D eigenvalue weighted by atomic mass is 16.5. The minimum Gasteiger partial charge on any atom is -0.497 e. The third-order valence-corrected chi connectivity index (χ3v) is 4.05. The lowest BCUT2D eigenvalue weighted by Gasteiger charge is -2.14. The third-order valence-electron chi connectivity index (χ3n) is 4.05. The molecule has 6 nitrogen and oxygen atoms in total. The van der Waals surface area contributed by atoms with Crippen molar-refractivity contribution in [3.63, 3.8) is 0 Å². The first-order valence-corrected chi connectivity index (χ1v) is 8.29. The van der Waals surface area contributed by atoms with Crippen LogP contribution in [0.1, 0.15) is 30.9 Å². The van der Waals surface area contributed by atoms with Gasteiger partial charge in [-0.25, -0.2) is 0 Å². The van der Waals surface area contributed by atoms with Crippen molar-refractivity contribution in [1.82, 2.24) is 0 Å². The Morgan fingerprint density at radius 3 is 2.42 bits per heavy atom. The molecule has 0 aliphatic rings. The number of carbonyl (C=O) groups is 2. The largest absolute Gasteiger partial charge is 0.497 e. The van der Waals surface area contributed by atoms with Crippen LogP contribution in [0.15, 0.2) is 48.5 Å². The van der Waals surface area contributed by atoms with Gasteiger partial charge in [-0.1, -0.05) is 24.3 Å². The molecule has 0 bridgehead atoms. The maximum atomic E-state index is 12.2. The zero-order valence-electron chi connectivity index (χ0n) is 15.1. The van der Waals surface area contributed by atoms with Crippen LogP contribution in [0.3, 0.4) is 0 Å². The number of hydrogen-bond acceptors (Lipinski definition) is 4. The summed E-state index contributed by atoms with van der Waals surface area (Å²) < 4.78 is 10.8. The van der Waals surface area contributed by atoms with Crippen molar-refractivity contribution in [2.45, 2.75) is 32.5 Å². The number of rotatable bonds is 8. The summed E-state index contributed by atoms with van der Waals surface area (Å²) in [5, 5.41) is 11.8. The van der Waals surface area contributed by atoms with E-state index in [9.17, 15) is 9.59 Å². The second-order valence-corrected chi connectivity index (χ2v) is 5.98. The van der Waals surface area contributed by atoms with Crippen molar-refractivity contribution in [2.75, 3.05) is 12.4 Å². The number of nitrogens with one attached hydrogen (secondary N) is 1. The summed E-state index contributed by atoms with van der Waals surface area (Å²) in [6, 6.07) is 14.2. The highest BCUT2D eigenvalue weighted by Crippen LogP contribution is 2.19. The highest BCUT2D eigenvalue weighted by Gasteiger charge is 2.16. The van der Waals surface area contributed by atoms with Crippen molar-refractivity contribution in [3.05, 3.63) is 59.7 Å². The summed E-state index contributed by atoms with van der Waals surface area (Å²) in [7, 11) is 1.60. The lowest BCUT2D eigenvalue weighted by Crippen LogP contribution is -2.27. The molecule has 0 saturated carbocycles. The number of carboxylic acid groups (broad SMARTS) is 1. The van der Waals surface area contributed by atoms with Crippen LogP contribution in [0.2, 0.25) is 0 Å². The summed E-state index contributed by atoms with van der Waals surface area (Å²) in [4.78, 5) is 23.2. The van der Waals surface area contributed by atoms with Crippen molar-refractivity contribution in [3.8, 4) is 5.75 Å². The first-order chi connectivity index (χ1) is 12.4. The van der Waals surface area contributed by atoms with Crippen molar-refractivity contribution in [1.29, 1.82) is 0 Å². The van der Waals surface area contributed by atoms with Gasteiger partial charge >= 0.3 is 5.97 Å². The summed E-state index contributed by atoms with van der Waals surface area (Å²) in [6.45, 7) is 3.58. The summed E-state index contributed by atoms with van der Waals surface area (Å²) >= 11 is 0. The Kier molecular flexibility index (Phi) is 6.74. The van der Waals surface area contributed by atoms with Gasteiger partial charge in [0.15, 0.2) is 0 Å². The van der Waals surface area contributed by atoms with E-state index in [4.69, 9.17) is 14.6 Å². The molecule has 26 heavy (non-hydrogen) atoms. The number of ether oxygens (including phenoxy) is 2. The zero-order valence-corrected chi connectivity index (χ0v) is 15.1. The van der Waals surface area contributed by atoms with Crippen LogP contribution in [0, 0.1) is 0 Å². The fraction of sp³-hybridized carbons (Fsp3) is 0.300. The lowest BCUT2D eigenvalue weighted by molar-refractivity contribution is -0.138. The monoisotopic (exact) mass is 357 g/mol. The minimum absolute atomic E-state index is 0.271. The van der Waals surface area contributed by atoms with Gasteiger partial charge < -0.3 is 19.9 Å². The molecule has 2 atom stereocenters. The summed E-state index contributed by atoms with van der Waals surface area (Å²) in [5.74, 6) is -1.02. The molecule has 1 amide bonds. The molecule has 0 aliphatic carbocycles. The fourth-order valence-corrected chi connectivity index (χ4v) is 2.30. The van der Waals surface area contributed by atoms with Gasteiger partial charge in [0.05, 0.1) is 19.6 Å². The molecule has 0 radical (unpaired) electrons. The van der Waals surface area contributed by atoms with E-state index in [1.54, 1.807) is 45.2 Å². The Hall–Kier alpha value is -2.86. The number of amides is 1. The van der Waals surface area contributed by atoms with Crippen LogP contribution >= 0.6 is 0 Å². The molecule has 0 aromatic heterocycles. The smallest absolute Gasteiger partial charge is 0.310 e. The van der Waals surface area contributed by atoms with E-state index in [1.807, 2.05) is 24.3 Å². The molecule has 0 spiro atoms. The van der Waals surface area contributed by atoms with Gasteiger partial charge in [0.1, 0.15) is 11.9 Å². The first-order valence-electron chi connectivity index (χ1n) is 8.29. The van der Waals surface area contributed by atoms with Crippen molar-refractivity contribution >= 4 is 17.6 Å². The van der Waals surface area contributed by atoms with Gasteiger partial charge in [0.25, 0.3) is 5.91 Å². The van der Waals surface area contributed by atoms with Crippen molar-refractivity contribution < 1.29 is 24.2 Å². The average Bonchev–Trinajstić information content (AvgIpc) is 2.66. The molecule has 2 rings (SSSR count). The number of anilines is 1. The number of aliphatic carboxylic acids is 1. The average molecular weight is 357 g/mol. The van der Waals surface area contributed by atoms with Crippen molar-refractivity contribution in [2.24, 2.45) is 0 Å². The maximum absolute atomic E-state index is 12.2. The van der Waals surface area contributed by atoms with Crippen LogP contribution in [0.25, 0.3) is 0 Å². The number of benzene rings is 2. The van der Waals surface area contributed by atoms with Gasteiger partial charge in [0, 0.05) is 5.69 Å². The summed E-state index contributed by atoms with van der Waals surface area (Å²) in [5.41, 5.74) is 2.18. The second-order valence-electron chi connectivity index (χ2n) is 5.98. The first kappa shape index (κ1) is 19.5. The quantitative estimate of drug-likeness (QED) is 0.756. The second kappa shape index (κ2) is 9.01. The van der Waals surface area contributed by atoms with E-state index in [1.165, 1.54) is 0 Å². The molecular formula is C20H23NO5. The van der Waals surface area contributed by atoms with Crippen LogP contribution in [0.5, 0.6) is 5.75 Å². The lowest BCUT2D eigenvalue weighted by atomic mass is 10.0. The highest BCUT2D eigenvalue weighted by molar-refractivity contribution is 5.93. The van der Waals surface area contributed by atoms with Crippen LogP contribution in [0.4, 0.5) is 5.69 Å². The number of carboxylic acids is 1. The summed E-state index contributed by atoms with van der Waals surface area (Å²) in [6.07, 6.45) is -0.640. The SMILES string of the molecule is COc1cccc(COC(C)C(=O)Nc2ccc(C(C)C(=O)O)cc2)c1. The van der Waals surface area contributed by atoms with Gasteiger partial charge in [-0.2, -0.15) is 0 Å². The van der Waals surface area contributed by atoms with Gasteiger partial charge in [0.2, 0.25) is 0 Å². The predicted molar refractivity (Wildman–Crippen MR) is 98.4 cm³/mol. The van der Waals surface area contributed by atoms with Gasteiger partial charge in [-0.15, -0.1) is 0 Å². The molecule has 0 saturated heterocycles. The molecule has 0 heterocycles. The van der Waals surface area contributed by atoms with E-state index >= 15 is 0 Å². The standard InChI is InChI=1S/C20H23NO5/c1-13(20(23)24)16-7-9-17(10-8-16)21-19(22)14(2)26-12-15-5-4-6-18(11-15)25-3/h4-11,13-14H,12H2,1-3H3,(H,21,22)(H,23,24). The topological polar surface area (TPSA) is 84.9 Å². The zero-order chi connectivity index (χ0) is 19.1. The number of carbonyl (C=O) groups excluding carboxylic acids is 1. The molecule has 2 unspecified atom stereocenters. The third kappa shape index (κ3) is 5.32. The van der Waals surface area contributed by atoms with Crippen LogP contribution < -0.4 is 10.1 Å². The van der Waals surface area contributed by atoms with Crippen LogP contribution in [-0.2, 0) is 20.9 Å². The van der Waals surface area contributed by atoms with E-state index in [0.29, 0.717) is 17.9 Å². The molecule has 2 aromatic carbocycles. The fourth-order valence-electron chi connectivity index (χ4n) is 2.30. The van der Waals surface area contributed by atoms with Gasteiger partial charge in [-0.05, 0) is 49.2 Å². The Morgan fingerprint density at radius 1 is 1.12 bits per heavy atom. The van der Waals surface area contributed by atoms with E-state index in [2.05, 4.69) is 5.32 Å². The molecular weight excluding hydrogens is 334 g/mol. The Balaban J connectivity index is 1.89. The van der Waals surface area contributed by atoms with E-state index < -0.39 is 18.0 Å². The number of methoxy groups -OCH3 is 1. The number of hydrogen-bond donors (Lipinski definition) is 2. The molecule has 138 valence electrons. The minimum atomic E-state index is -0.888. The van der Waals surface area contributed by atoms with Gasteiger partial charge in [-0.3, -0.25) is 9.59 Å². The molecule has 2 aromatic rings. The molecule has 0 fully saturated rings. The maximum Gasteiger partial charge on any atom is 0.310 e. The Labute approximate surface area is 152 Å². The van der Waals surface area contributed by atoms with E-state index in [0.717, 1.165) is 11.3 Å². The molecule has 6 heteroatoms. The Morgan fingerprint density at radius 2 is 1.81 bits per heavy atom.